The van der Waals surface area contributed by atoms with Crippen molar-refractivity contribution in [3.8, 4) is 23.6 Å². The third kappa shape index (κ3) is 2.92. The van der Waals surface area contributed by atoms with E-state index < -0.39 is 6.04 Å². The fraction of sp³-hybridized carbons (Fsp3) is 0.167. The van der Waals surface area contributed by atoms with E-state index in [0.29, 0.717) is 18.0 Å². The second kappa shape index (κ2) is 6.32. The number of carbonyl (C=O) groups is 1. The van der Waals surface area contributed by atoms with E-state index in [2.05, 4.69) is 16.2 Å². The first-order valence-corrected chi connectivity index (χ1v) is 7.20. The number of fused-ring (bicyclic) bond motifs is 1. The minimum Gasteiger partial charge on any atom is -0.500 e. The number of benzene rings is 1. The van der Waals surface area contributed by atoms with Gasteiger partial charge in [0.15, 0.2) is 0 Å². The molecule has 2 heterocycles. The molecule has 1 aromatic carbocycles. The largest absolute Gasteiger partial charge is 0.500 e. The van der Waals surface area contributed by atoms with E-state index in [1.165, 1.54) is 13.2 Å². The summed E-state index contributed by atoms with van der Waals surface area (Å²) in [6.45, 7) is 0. The lowest BCUT2D eigenvalue weighted by molar-refractivity contribution is -0.552. The number of anilines is 1. The number of allylic oxidation sites excluding steroid dienone is 1. The number of carbonyl (C=O) groups excluding carboxylic acids is 1. The number of nitrogens with zero attached hydrogens (tertiary/aromatic N) is 2. The van der Waals surface area contributed by atoms with Crippen LogP contribution in [0.3, 0.4) is 0 Å². The molecule has 1 unspecified atom stereocenters. The molecule has 0 fully saturated rings. The highest BCUT2D eigenvalue weighted by Gasteiger charge is 2.39. The molecule has 1 aromatic heterocycles. The van der Waals surface area contributed by atoms with Crippen LogP contribution < -0.4 is 9.88 Å². The average molecular weight is 306 g/mol. The molecule has 1 atom stereocenters. The number of ether oxygens (including phenoxy) is 1. The van der Waals surface area contributed by atoms with Gasteiger partial charge in [-0.3, -0.25) is 5.32 Å². The van der Waals surface area contributed by atoms with Crippen molar-refractivity contribution in [1.82, 2.24) is 4.98 Å². The maximum Gasteiger partial charge on any atom is 0.359 e. The molecule has 0 bridgehead atoms. The average Bonchev–Trinajstić information content (AvgIpc) is 2.90. The van der Waals surface area contributed by atoms with E-state index in [0.717, 1.165) is 11.3 Å². The first-order chi connectivity index (χ1) is 11.2. The molecule has 1 aliphatic heterocycles. The smallest absolute Gasteiger partial charge is 0.359 e. The Bertz CT molecular complexity index is 807. The molecule has 114 valence electrons. The Labute approximate surface area is 134 Å². The van der Waals surface area contributed by atoms with Gasteiger partial charge in [-0.15, -0.1) is 6.42 Å². The summed E-state index contributed by atoms with van der Waals surface area (Å²) in [7, 11) is 1.54. The fourth-order valence-electron chi connectivity index (χ4n) is 2.51. The molecule has 1 aliphatic rings. The molecule has 0 radical (unpaired) electrons. The minimum absolute atomic E-state index is 0.0560. The zero-order chi connectivity index (χ0) is 16.2. The van der Waals surface area contributed by atoms with Crippen LogP contribution in [0, 0.1) is 12.3 Å². The molecule has 0 spiro atoms. The minimum atomic E-state index is -0.414. The first-order valence-electron chi connectivity index (χ1n) is 7.20. The molecular weight excluding hydrogens is 290 g/mol. The molecule has 3 rings (SSSR count). The van der Waals surface area contributed by atoms with Crippen LogP contribution in [-0.4, -0.2) is 24.0 Å². The van der Waals surface area contributed by atoms with Crippen LogP contribution >= 0.6 is 0 Å². The highest BCUT2D eigenvalue weighted by molar-refractivity contribution is 5.81. The van der Waals surface area contributed by atoms with Crippen molar-refractivity contribution < 1.29 is 14.1 Å². The van der Waals surface area contributed by atoms with Gasteiger partial charge in [-0.05, 0) is 0 Å². The zero-order valence-electron chi connectivity index (χ0n) is 12.7. The van der Waals surface area contributed by atoms with Crippen LogP contribution in [0.25, 0.3) is 11.3 Å². The topological polar surface area (TPSA) is 55.1 Å². The molecule has 2 aromatic rings. The number of nitrogens with one attached hydrogen (secondary N) is 1. The summed E-state index contributed by atoms with van der Waals surface area (Å²) in [4.78, 5) is 17.0. The standard InChI is InChI=1S/C18H15N3O2/c1-3-7-14(23-2)10-15-18(22)21-12-16(19-11-17(21)20-15)13-8-5-4-6-9-13/h1,4-9,11-12,15H,10H2,2H3/p+1/b14-7-. The van der Waals surface area contributed by atoms with Crippen LogP contribution in [0.1, 0.15) is 11.2 Å². The number of terminal acetylenes is 1. The molecule has 0 saturated heterocycles. The van der Waals surface area contributed by atoms with Crippen molar-refractivity contribution in [3.63, 3.8) is 0 Å². The number of hydrogen-bond donors (Lipinski definition) is 1. The summed E-state index contributed by atoms with van der Waals surface area (Å²) < 4.78 is 6.78. The first kappa shape index (κ1) is 14.8. The van der Waals surface area contributed by atoms with Crippen LogP contribution in [0.4, 0.5) is 5.82 Å². The van der Waals surface area contributed by atoms with Gasteiger partial charge in [0.25, 0.3) is 0 Å². The van der Waals surface area contributed by atoms with Gasteiger partial charge in [-0.25, -0.2) is 9.78 Å². The lowest BCUT2D eigenvalue weighted by Gasteiger charge is -2.05. The van der Waals surface area contributed by atoms with Crippen molar-refractivity contribution in [3.05, 3.63) is 54.6 Å². The van der Waals surface area contributed by atoms with Crippen molar-refractivity contribution in [2.75, 3.05) is 12.4 Å². The molecule has 0 saturated carbocycles. The van der Waals surface area contributed by atoms with E-state index in [4.69, 9.17) is 11.2 Å². The Morgan fingerprint density at radius 2 is 2.26 bits per heavy atom. The quantitative estimate of drug-likeness (QED) is 0.533. The Morgan fingerprint density at radius 3 is 2.96 bits per heavy atom. The summed E-state index contributed by atoms with van der Waals surface area (Å²) in [5.74, 6) is 3.61. The molecule has 5 nitrogen and oxygen atoms in total. The van der Waals surface area contributed by atoms with E-state index >= 15 is 0 Å². The maximum absolute atomic E-state index is 12.6. The summed E-state index contributed by atoms with van der Waals surface area (Å²) in [6.07, 6.45) is 10.6. The highest BCUT2D eigenvalue weighted by atomic mass is 16.5. The fourth-order valence-corrected chi connectivity index (χ4v) is 2.51. The molecule has 1 N–H and O–H groups in total. The molecule has 5 heteroatoms. The van der Waals surface area contributed by atoms with E-state index in [9.17, 15) is 4.79 Å². The Kier molecular flexibility index (Phi) is 4.07. The normalized spacial score (nSPS) is 16.4. The van der Waals surface area contributed by atoms with Crippen LogP contribution in [-0.2, 0) is 4.74 Å². The Hall–Kier alpha value is -3.13. The molecular formula is C18H16N3O2+. The summed E-state index contributed by atoms with van der Waals surface area (Å²) >= 11 is 0. The lowest BCUT2D eigenvalue weighted by Crippen LogP contribution is -2.43. The summed E-state index contributed by atoms with van der Waals surface area (Å²) in [5.41, 5.74) is 1.71. The van der Waals surface area contributed by atoms with Gasteiger partial charge < -0.3 is 4.74 Å². The van der Waals surface area contributed by atoms with Gasteiger partial charge in [0.1, 0.15) is 23.8 Å². The van der Waals surface area contributed by atoms with Crippen LogP contribution in [0.5, 0.6) is 0 Å². The monoisotopic (exact) mass is 306 g/mol. The SMILES string of the molecule is C#C/C=C(/CC1Nc2cnc(-c3ccccc3)c[n+]2C1=O)OC. The van der Waals surface area contributed by atoms with Gasteiger partial charge in [-0.2, -0.15) is 4.57 Å². The highest BCUT2D eigenvalue weighted by Crippen LogP contribution is 2.20. The molecule has 0 amide bonds. The maximum atomic E-state index is 12.6. The summed E-state index contributed by atoms with van der Waals surface area (Å²) in [6, 6.07) is 9.32. The third-order valence-corrected chi connectivity index (χ3v) is 3.68. The second-order valence-electron chi connectivity index (χ2n) is 5.11. The van der Waals surface area contributed by atoms with Crippen LogP contribution in [0.2, 0.25) is 0 Å². The van der Waals surface area contributed by atoms with Gasteiger partial charge in [-0.1, -0.05) is 36.3 Å². The van der Waals surface area contributed by atoms with Crippen LogP contribution in [0.15, 0.2) is 54.6 Å². The van der Waals surface area contributed by atoms with E-state index in [-0.39, 0.29) is 5.91 Å². The van der Waals surface area contributed by atoms with Crippen molar-refractivity contribution in [2.24, 2.45) is 0 Å². The van der Waals surface area contributed by atoms with E-state index in [1.807, 2.05) is 30.3 Å². The number of rotatable bonds is 4. The van der Waals surface area contributed by atoms with Crippen molar-refractivity contribution in [1.29, 1.82) is 0 Å². The lowest BCUT2D eigenvalue weighted by atomic mass is 10.1. The number of hydrogen-bond acceptors (Lipinski definition) is 4. The Morgan fingerprint density at radius 1 is 1.48 bits per heavy atom. The predicted octanol–water partition coefficient (Wildman–Crippen LogP) is 2.02. The predicted molar refractivity (Wildman–Crippen MR) is 86.4 cm³/mol. The Balaban J connectivity index is 1.86. The van der Waals surface area contributed by atoms with Gasteiger partial charge >= 0.3 is 11.7 Å². The molecule has 23 heavy (non-hydrogen) atoms. The summed E-state index contributed by atoms with van der Waals surface area (Å²) in [5, 5.41) is 3.15. The molecule has 0 aliphatic carbocycles. The van der Waals surface area contributed by atoms with E-state index in [1.54, 1.807) is 17.0 Å². The number of aromatic nitrogens is 2. The second-order valence-corrected chi connectivity index (χ2v) is 5.11. The zero-order valence-corrected chi connectivity index (χ0v) is 12.7. The van der Waals surface area contributed by atoms with Gasteiger partial charge in [0.05, 0.1) is 13.5 Å². The number of methoxy groups -OCH3 is 1. The van der Waals surface area contributed by atoms with Gasteiger partial charge in [0, 0.05) is 11.6 Å². The van der Waals surface area contributed by atoms with Crippen molar-refractivity contribution >= 4 is 11.7 Å². The van der Waals surface area contributed by atoms with Gasteiger partial charge in [0.2, 0.25) is 6.04 Å². The van der Waals surface area contributed by atoms with Crippen molar-refractivity contribution in [2.45, 2.75) is 12.5 Å². The third-order valence-electron chi connectivity index (χ3n) is 3.68.